The highest BCUT2D eigenvalue weighted by molar-refractivity contribution is 5.81. The zero-order chi connectivity index (χ0) is 32.2. The lowest BCUT2D eigenvalue weighted by molar-refractivity contribution is -0.299. The zero-order valence-corrected chi connectivity index (χ0v) is 26.9. The molecule has 0 aliphatic carbocycles. The van der Waals surface area contributed by atoms with Gasteiger partial charge in [-0.05, 0) is 64.8 Å². The summed E-state index contributed by atoms with van der Waals surface area (Å²) >= 11 is 0. The minimum absolute atomic E-state index is 0.00588. The fourth-order valence-corrected chi connectivity index (χ4v) is 6.70. The molecule has 0 bridgehead atoms. The number of ether oxygens (including phenoxy) is 2. The maximum Gasteiger partial charge on any atom is 0.225 e. The number of carbonyl (C=O) groups is 2. The van der Waals surface area contributed by atoms with Crippen LogP contribution in [-0.2, 0) is 25.5 Å². The summed E-state index contributed by atoms with van der Waals surface area (Å²) in [6, 6.07) is 5.94. The molecule has 1 aromatic rings. The Bertz CT molecular complexity index is 1080. The van der Waals surface area contributed by atoms with Crippen molar-refractivity contribution in [2.45, 2.75) is 109 Å². The molecule has 0 unspecified atom stereocenters. The van der Waals surface area contributed by atoms with E-state index in [0.29, 0.717) is 18.5 Å². The largest absolute Gasteiger partial charge is 0.508 e. The van der Waals surface area contributed by atoms with Gasteiger partial charge in [0, 0.05) is 38.0 Å². The van der Waals surface area contributed by atoms with Gasteiger partial charge in [0.15, 0.2) is 6.29 Å². The molecular weight excluding hydrogens is 554 g/mol. The molecule has 244 valence electrons. The first kappa shape index (κ1) is 35.2. The van der Waals surface area contributed by atoms with Gasteiger partial charge in [0.2, 0.25) is 11.8 Å². The molecule has 2 saturated heterocycles. The van der Waals surface area contributed by atoms with Gasteiger partial charge < -0.3 is 45.0 Å². The van der Waals surface area contributed by atoms with Gasteiger partial charge in [-0.1, -0.05) is 39.0 Å². The van der Waals surface area contributed by atoms with Gasteiger partial charge in [-0.25, -0.2) is 0 Å². The van der Waals surface area contributed by atoms with Gasteiger partial charge in [-0.2, -0.15) is 0 Å². The second kappa shape index (κ2) is 14.7. The third-order valence-electron chi connectivity index (χ3n) is 9.11. The molecule has 43 heavy (non-hydrogen) atoms. The van der Waals surface area contributed by atoms with E-state index in [0.717, 1.165) is 0 Å². The Morgan fingerprint density at radius 1 is 1.12 bits per heavy atom. The molecule has 2 fully saturated rings. The average molecular weight is 608 g/mol. The minimum atomic E-state index is -1.51. The summed E-state index contributed by atoms with van der Waals surface area (Å²) in [5, 5.41) is 47.8. The third-order valence-corrected chi connectivity index (χ3v) is 9.11. The van der Waals surface area contributed by atoms with E-state index in [2.05, 4.69) is 5.32 Å². The highest BCUT2D eigenvalue weighted by Gasteiger charge is 2.47. The number of nitrogens with one attached hydrogen (secondary N) is 1. The van der Waals surface area contributed by atoms with Crippen molar-refractivity contribution in [2.24, 2.45) is 17.8 Å². The Labute approximate surface area is 256 Å². The van der Waals surface area contributed by atoms with Gasteiger partial charge in [0.1, 0.15) is 11.9 Å². The number of aliphatic hydroxyl groups is 3. The van der Waals surface area contributed by atoms with E-state index in [1.165, 1.54) is 0 Å². The average Bonchev–Trinajstić information content (AvgIpc) is 2.91. The molecule has 11 atom stereocenters. The lowest BCUT2D eigenvalue weighted by atomic mass is 9.77. The first-order valence-corrected chi connectivity index (χ1v) is 15.4. The van der Waals surface area contributed by atoms with Crippen LogP contribution in [0.3, 0.4) is 0 Å². The normalized spacial score (nSPS) is 38.9. The van der Waals surface area contributed by atoms with Crippen molar-refractivity contribution in [3.63, 3.8) is 0 Å². The second-order valence-electron chi connectivity index (χ2n) is 13.5. The second-order valence-corrected chi connectivity index (χ2v) is 13.5. The molecule has 3 rings (SSSR count). The van der Waals surface area contributed by atoms with Crippen molar-refractivity contribution in [3.05, 3.63) is 29.8 Å². The predicted octanol–water partition coefficient (Wildman–Crippen LogP) is 1.50. The topological polar surface area (TPSA) is 152 Å². The molecule has 0 radical (unpaired) electrons. The summed E-state index contributed by atoms with van der Waals surface area (Å²) in [6.07, 6.45) is -3.47. The van der Waals surface area contributed by atoms with Crippen molar-refractivity contribution >= 4 is 11.8 Å². The molecule has 0 aromatic heterocycles. The number of rotatable bonds is 5. The zero-order valence-electron chi connectivity index (χ0n) is 26.9. The summed E-state index contributed by atoms with van der Waals surface area (Å²) in [5.41, 5.74) is -0.908. The number of hydrogen-bond donors (Lipinski definition) is 5. The summed E-state index contributed by atoms with van der Waals surface area (Å²) in [4.78, 5) is 30.3. The molecular formula is C32H53N3O8. The van der Waals surface area contributed by atoms with Crippen LogP contribution in [0.2, 0.25) is 0 Å². The number of nitrogens with zero attached hydrogens (tertiary/aromatic N) is 2. The van der Waals surface area contributed by atoms with Crippen LogP contribution in [0.5, 0.6) is 5.75 Å². The van der Waals surface area contributed by atoms with E-state index in [4.69, 9.17) is 9.47 Å². The molecule has 2 aliphatic heterocycles. The van der Waals surface area contributed by atoms with Crippen LogP contribution in [0.25, 0.3) is 0 Å². The van der Waals surface area contributed by atoms with E-state index in [9.17, 15) is 30.0 Å². The fraction of sp³-hybridized carbons (Fsp3) is 0.750. The van der Waals surface area contributed by atoms with E-state index in [-0.39, 0.29) is 49.0 Å². The van der Waals surface area contributed by atoms with E-state index >= 15 is 0 Å². The maximum atomic E-state index is 13.5. The molecule has 2 amide bonds. The fourth-order valence-electron chi connectivity index (χ4n) is 6.70. The van der Waals surface area contributed by atoms with Crippen molar-refractivity contribution in [1.82, 2.24) is 15.1 Å². The lowest BCUT2D eigenvalue weighted by Gasteiger charge is -2.46. The van der Waals surface area contributed by atoms with E-state index in [1.807, 2.05) is 32.8 Å². The van der Waals surface area contributed by atoms with Gasteiger partial charge in [-0.15, -0.1) is 0 Å². The number of hydrogen-bond acceptors (Lipinski definition) is 9. The van der Waals surface area contributed by atoms with Crippen molar-refractivity contribution in [2.75, 3.05) is 27.7 Å². The number of phenols is 1. The Balaban J connectivity index is 1.94. The number of para-hydroxylation sites is 1. The van der Waals surface area contributed by atoms with Crippen molar-refractivity contribution in [1.29, 1.82) is 0 Å². The summed E-state index contributed by atoms with van der Waals surface area (Å²) in [7, 11) is 5.44. The number of amides is 2. The molecule has 0 saturated carbocycles. The molecule has 2 heterocycles. The van der Waals surface area contributed by atoms with E-state index < -0.39 is 54.0 Å². The van der Waals surface area contributed by atoms with Crippen LogP contribution in [-0.4, -0.2) is 118 Å². The third kappa shape index (κ3) is 8.89. The molecule has 0 spiro atoms. The summed E-state index contributed by atoms with van der Waals surface area (Å²) < 4.78 is 12.4. The summed E-state index contributed by atoms with van der Waals surface area (Å²) in [5.74, 6) is -2.41. The van der Waals surface area contributed by atoms with Crippen LogP contribution in [0.1, 0.15) is 59.4 Å². The Kier molecular flexibility index (Phi) is 12.0. The Morgan fingerprint density at radius 2 is 1.77 bits per heavy atom. The van der Waals surface area contributed by atoms with Crippen LogP contribution < -0.4 is 5.32 Å². The lowest BCUT2D eigenvalue weighted by Crippen LogP contribution is -2.59. The van der Waals surface area contributed by atoms with Crippen molar-refractivity contribution in [3.8, 4) is 5.75 Å². The quantitative estimate of drug-likeness (QED) is 0.335. The van der Waals surface area contributed by atoms with Gasteiger partial charge in [0.05, 0.1) is 29.8 Å². The summed E-state index contributed by atoms with van der Waals surface area (Å²) in [6.45, 7) is 9.12. The molecule has 2 aliphatic rings. The monoisotopic (exact) mass is 607 g/mol. The molecule has 5 N–H and O–H groups in total. The number of aliphatic hydroxyl groups excluding tert-OH is 2. The maximum absolute atomic E-state index is 13.5. The molecule has 1 aromatic carbocycles. The highest BCUT2D eigenvalue weighted by atomic mass is 16.7. The highest BCUT2D eigenvalue weighted by Crippen LogP contribution is 2.35. The van der Waals surface area contributed by atoms with Gasteiger partial charge >= 0.3 is 0 Å². The predicted molar refractivity (Wildman–Crippen MR) is 162 cm³/mol. The number of likely N-dealkylation sites (N-methyl/N-ethyl adjacent to an activating group) is 1. The number of aromatic hydroxyl groups is 1. The molecule has 11 nitrogen and oxygen atoms in total. The minimum Gasteiger partial charge on any atom is -0.508 e. The Morgan fingerprint density at radius 3 is 2.40 bits per heavy atom. The standard InChI is InChI=1S/C32H53N3O8/c1-18-16-32(5,41)29(43-31-28(39)24(34(6)7)13-19(2)42-31)20(3)27(38)21(4)30(40)33-23(15-26(37)35(8)17-18)14-22-11-9-10-12-25(22)36/h9-12,18-21,23-24,27-29,31,36,38-39,41H,13-17H2,1-8H3,(H,33,40)/t18-,19-,20+,21-,23-,24+,27+,28-,29-,31+,32-/m1/s1. The van der Waals surface area contributed by atoms with E-state index in [1.54, 1.807) is 57.0 Å². The number of benzene rings is 1. The van der Waals surface area contributed by atoms with Gasteiger partial charge in [-0.3, -0.25) is 9.59 Å². The van der Waals surface area contributed by atoms with Crippen LogP contribution in [0.15, 0.2) is 24.3 Å². The van der Waals surface area contributed by atoms with Crippen LogP contribution in [0, 0.1) is 17.8 Å². The number of carbonyl (C=O) groups excluding carboxylic acids is 2. The molecule has 11 heteroatoms. The van der Waals surface area contributed by atoms with Crippen LogP contribution >= 0.6 is 0 Å². The Hall–Kier alpha value is -2.28. The first-order chi connectivity index (χ1) is 20.0. The number of phenolic OH excluding ortho intramolecular Hbond substituents is 1. The SMILES string of the molecule is C[C@H]1CN(C)C(=O)C[C@@H](Cc2ccccc2O)NC(=O)[C@H](C)[C@@H](O)[C@H](C)[C@@H](O[C@@H]2O[C@H](C)C[C@H](N(C)C)[C@H]2O)[C@](C)(O)C1. The smallest absolute Gasteiger partial charge is 0.225 e. The first-order valence-electron chi connectivity index (χ1n) is 15.4. The van der Waals surface area contributed by atoms with Crippen LogP contribution in [0.4, 0.5) is 0 Å². The van der Waals surface area contributed by atoms with Crippen molar-refractivity contribution < 1.29 is 39.5 Å². The van der Waals surface area contributed by atoms with Gasteiger partial charge in [0.25, 0.3) is 0 Å².